The number of Topliss-reactive ketones (excluding diaryl/α,β-unsaturated/α-hetero) is 1. The first-order valence-corrected chi connectivity index (χ1v) is 10.9. The Hall–Kier alpha value is -4.18. The topological polar surface area (TPSA) is 46.6 Å². The zero-order valence-electron chi connectivity index (χ0n) is 18.2. The first-order valence-electron chi connectivity index (χ1n) is 10.9. The molecular formula is C29H23NO3. The van der Waals surface area contributed by atoms with Crippen molar-refractivity contribution in [3.63, 3.8) is 0 Å². The van der Waals surface area contributed by atoms with Crippen molar-refractivity contribution in [2.75, 3.05) is 12.0 Å². The molecule has 1 aliphatic rings. The van der Waals surface area contributed by atoms with E-state index in [4.69, 9.17) is 4.74 Å². The lowest BCUT2D eigenvalue weighted by atomic mass is 9.62. The Kier molecular flexibility index (Phi) is 5.27. The molecule has 33 heavy (non-hydrogen) atoms. The Labute approximate surface area is 193 Å². The summed E-state index contributed by atoms with van der Waals surface area (Å²) in [6.45, 7) is 0. The number of carbonyl (C=O) groups is 2. The molecule has 0 radical (unpaired) electrons. The van der Waals surface area contributed by atoms with Gasteiger partial charge in [-0.25, -0.2) is 0 Å². The molecule has 4 nitrogen and oxygen atoms in total. The van der Waals surface area contributed by atoms with Crippen LogP contribution in [0.25, 0.3) is 0 Å². The minimum absolute atomic E-state index is 0.112. The van der Waals surface area contributed by atoms with Gasteiger partial charge in [0, 0.05) is 11.3 Å². The monoisotopic (exact) mass is 433 g/mol. The molecule has 0 saturated carbocycles. The third-order valence-electron chi connectivity index (χ3n) is 6.30. The number of hydrogen-bond acceptors (Lipinski definition) is 3. The summed E-state index contributed by atoms with van der Waals surface area (Å²) in [6, 6.07) is 35.6. The van der Waals surface area contributed by atoms with E-state index in [0.717, 1.165) is 11.1 Å². The van der Waals surface area contributed by atoms with Crippen LogP contribution in [0, 0.1) is 0 Å². The Morgan fingerprint density at radius 2 is 1.30 bits per heavy atom. The van der Waals surface area contributed by atoms with E-state index in [2.05, 4.69) is 0 Å². The number of anilines is 1. The van der Waals surface area contributed by atoms with Crippen LogP contribution in [0.4, 0.5) is 5.69 Å². The molecule has 2 atom stereocenters. The smallest absolute Gasteiger partial charge is 0.239 e. The van der Waals surface area contributed by atoms with Crippen LogP contribution in [-0.2, 0) is 10.3 Å². The first kappa shape index (κ1) is 20.7. The summed E-state index contributed by atoms with van der Waals surface area (Å²) in [5.41, 5.74) is 1.60. The van der Waals surface area contributed by atoms with Crippen molar-refractivity contribution in [1.82, 2.24) is 0 Å². The van der Waals surface area contributed by atoms with E-state index in [-0.39, 0.29) is 11.7 Å². The van der Waals surface area contributed by atoms with Crippen molar-refractivity contribution in [3.05, 3.63) is 132 Å². The highest BCUT2D eigenvalue weighted by molar-refractivity contribution is 6.22. The fourth-order valence-electron chi connectivity index (χ4n) is 4.80. The van der Waals surface area contributed by atoms with Crippen molar-refractivity contribution in [3.8, 4) is 5.75 Å². The summed E-state index contributed by atoms with van der Waals surface area (Å²) in [7, 11) is 1.60. The van der Waals surface area contributed by atoms with E-state index in [9.17, 15) is 9.59 Å². The van der Waals surface area contributed by atoms with Crippen LogP contribution in [0.2, 0.25) is 0 Å². The van der Waals surface area contributed by atoms with Crippen LogP contribution in [0.5, 0.6) is 5.75 Å². The summed E-state index contributed by atoms with van der Waals surface area (Å²) in [5.74, 6) is -0.181. The largest absolute Gasteiger partial charge is 0.497 e. The molecule has 0 bridgehead atoms. The number of carbonyl (C=O) groups excluding carboxylic acids is 2. The molecule has 162 valence electrons. The third-order valence-corrected chi connectivity index (χ3v) is 6.30. The number of β-lactam (4-membered cyclic amide) rings is 1. The molecule has 0 N–H and O–H groups in total. The van der Waals surface area contributed by atoms with Gasteiger partial charge in [0.25, 0.3) is 0 Å². The average Bonchev–Trinajstić information content (AvgIpc) is 2.89. The molecule has 0 aliphatic carbocycles. The Balaban J connectivity index is 1.77. The minimum Gasteiger partial charge on any atom is -0.497 e. The predicted molar refractivity (Wildman–Crippen MR) is 129 cm³/mol. The summed E-state index contributed by atoms with van der Waals surface area (Å²) in [6.07, 6.45) is 0. The lowest BCUT2D eigenvalue weighted by Gasteiger charge is -2.56. The number of benzene rings is 4. The fourth-order valence-corrected chi connectivity index (χ4v) is 4.80. The second-order valence-corrected chi connectivity index (χ2v) is 8.04. The van der Waals surface area contributed by atoms with E-state index in [1.807, 2.05) is 103 Å². The maximum Gasteiger partial charge on any atom is 0.239 e. The predicted octanol–water partition coefficient (Wildman–Crippen LogP) is 5.60. The number of ketones is 1. The fraction of sp³-hybridized carbons (Fsp3) is 0.103. The molecule has 1 fully saturated rings. The molecule has 1 heterocycles. The third kappa shape index (κ3) is 3.23. The van der Waals surface area contributed by atoms with Crippen molar-refractivity contribution in [2.24, 2.45) is 0 Å². The van der Waals surface area contributed by atoms with Crippen molar-refractivity contribution < 1.29 is 14.3 Å². The molecule has 1 amide bonds. The minimum atomic E-state index is -1.21. The van der Waals surface area contributed by atoms with Crippen molar-refractivity contribution >= 4 is 17.4 Å². The van der Waals surface area contributed by atoms with Crippen molar-refractivity contribution in [2.45, 2.75) is 11.5 Å². The van der Waals surface area contributed by atoms with Crippen LogP contribution in [-0.4, -0.2) is 18.8 Å². The van der Waals surface area contributed by atoms with Gasteiger partial charge < -0.3 is 4.74 Å². The first-order chi connectivity index (χ1) is 16.2. The van der Waals surface area contributed by atoms with E-state index in [1.165, 1.54) is 0 Å². The normalized spacial score (nSPS) is 19.6. The van der Waals surface area contributed by atoms with Crippen molar-refractivity contribution in [1.29, 1.82) is 0 Å². The highest BCUT2D eigenvalue weighted by Gasteiger charge is 2.66. The number of methoxy groups -OCH3 is 1. The van der Waals surface area contributed by atoms with Crippen LogP contribution in [0.3, 0.4) is 0 Å². The Morgan fingerprint density at radius 3 is 1.88 bits per heavy atom. The highest BCUT2D eigenvalue weighted by atomic mass is 16.5. The second-order valence-electron chi connectivity index (χ2n) is 8.04. The van der Waals surface area contributed by atoms with E-state index in [1.54, 1.807) is 24.1 Å². The van der Waals surface area contributed by atoms with Gasteiger partial charge in [0.05, 0.1) is 13.0 Å². The van der Waals surface area contributed by atoms with E-state index < -0.39 is 11.5 Å². The quantitative estimate of drug-likeness (QED) is 0.294. The van der Waals surface area contributed by atoms with Gasteiger partial charge >= 0.3 is 0 Å². The van der Waals surface area contributed by atoms with Crippen LogP contribution >= 0.6 is 0 Å². The number of ether oxygens (including phenoxy) is 1. The van der Waals surface area contributed by atoms with Gasteiger partial charge in [-0.15, -0.1) is 0 Å². The average molecular weight is 434 g/mol. The van der Waals surface area contributed by atoms with Gasteiger partial charge in [0.1, 0.15) is 5.75 Å². The summed E-state index contributed by atoms with van der Waals surface area (Å²) in [4.78, 5) is 29.8. The van der Waals surface area contributed by atoms with Crippen LogP contribution in [0.1, 0.15) is 27.4 Å². The van der Waals surface area contributed by atoms with Gasteiger partial charge in [0.2, 0.25) is 5.91 Å². The zero-order chi connectivity index (χ0) is 22.8. The van der Waals surface area contributed by atoms with Gasteiger partial charge in [-0.1, -0.05) is 91.0 Å². The Bertz CT molecular complexity index is 1270. The van der Waals surface area contributed by atoms with E-state index in [0.29, 0.717) is 17.0 Å². The second kappa shape index (κ2) is 8.40. The number of nitrogens with zero attached hydrogens (tertiary/aromatic N) is 1. The lowest BCUT2D eigenvalue weighted by molar-refractivity contribution is -0.129. The molecule has 4 heteroatoms. The maximum atomic E-state index is 14.4. The lowest BCUT2D eigenvalue weighted by Crippen LogP contribution is -2.71. The summed E-state index contributed by atoms with van der Waals surface area (Å²) in [5, 5.41) is 0. The molecule has 0 spiro atoms. The van der Waals surface area contributed by atoms with Gasteiger partial charge in [-0.2, -0.15) is 0 Å². The SMILES string of the molecule is COc1ccc(N2C(=O)C(c3ccccc3)C2(C(=O)c2ccccc2)c2ccccc2)cc1. The van der Waals surface area contributed by atoms with Gasteiger partial charge in [-0.05, 0) is 35.4 Å². The molecule has 4 aromatic carbocycles. The molecule has 1 aliphatic heterocycles. The molecule has 4 aromatic rings. The molecule has 1 saturated heterocycles. The summed E-state index contributed by atoms with van der Waals surface area (Å²) >= 11 is 0. The molecule has 0 aromatic heterocycles. The number of hydrogen-bond donors (Lipinski definition) is 0. The number of amides is 1. The number of rotatable bonds is 6. The molecule has 5 rings (SSSR count). The molecule has 2 unspecified atom stereocenters. The summed E-state index contributed by atoms with van der Waals surface area (Å²) < 4.78 is 5.30. The molecular weight excluding hydrogens is 410 g/mol. The van der Waals surface area contributed by atoms with E-state index >= 15 is 0 Å². The standard InChI is InChI=1S/C29H23NO3/c1-33-25-19-17-24(18-20-25)30-28(32)26(21-11-5-2-6-12-21)29(30,23-15-9-4-10-16-23)27(31)22-13-7-3-8-14-22/h2-20,26H,1H3. The van der Waals surface area contributed by atoms with Crippen LogP contribution in [0.15, 0.2) is 115 Å². The Morgan fingerprint density at radius 1 is 0.758 bits per heavy atom. The maximum absolute atomic E-state index is 14.4. The van der Waals surface area contributed by atoms with Gasteiger partial charge in [0.15, 0.2) is 11.3 Å². The zero-order valence-corrected chi connectivity index (χ0v) is 18.2. The van der Waals surface area contributed by atoms with Crippen LogP contribution < -0.4 is 9.64 Å². The van der Waals surface area contributed by atoms with Gasteiger partial charge in [-0.3, -0.25) is 14.5 Å². The highest BCUT2D eigenvalue weighted by Crippen LogP contribution is 2.55.